The zero-order chi connectivity index (χ0) is 28.7. The molecule has 0 bridgehead atoms. The molecule has 0 aliphatic carbocycles. The number of aryl methyl sites for hydroxylation is 2. The first-order chi connectivity index (χ1) is 19.1. The number of allylic oxidation sites excluding steroid dienone is 1. The third-order valence-corrected chi connectivity index (χ3v) is 8.02. The van der Waals surface area contributed by atoms with Crippen LogP contribution in [-0.4, -0.2) is 28.3 Å². The maximum absolute atomic E-state index is 14.0. The zero-order valence-electron chi connectivity index (χ0n) is 23.8. The second kappa shape index (κ2) is 10.8. The highest BCUT2D eigenvalue weighted by Gasteiger charge is 2.33. The normalized spacial score (nSPS) is 15.3. The Hall–Kier alpha value is -4.17. The number of aromatic nitrogens is 2. The molecule has 8 heteroatoms. The summed E-state index contributed by atoms with van der Waals surface area (Å²) in [5.74, 6) is 0.209. The van der Waals surface area contributed by atoms with Crippen molar-refractivity contribution in [3.63, 3.8) is 0 Å². The van der Waals surface area contributed by atoms with Crippen LogP contribution < -0.4 is 19.6 Å². The van der Waals surface area contributed by atoms with E-state index < -0.39 is 12.0 Å². The molecule has 1 aliphatic heterocycles. The molecule has 2 aromatic heterocycles. The number of rotatable bonds is 6. The van der Waals surface area contributed by atoms with Gasteiger partial charge >= 0.3 is 5.97 Å². The Labute approximate surface area is 237 Å². The molecule has 0 fully saturated rings. The van der Waals surface area contributed by atoms with E-state index >= 15 is 0 Å². The van der Waals surface area contributed by atoms with Crippen molar-refractivity contribution in [2.24, 2.45) is 4.99 Å². The Balaban J connectivity index is 1.68. The summed E-state index contributed by atoms with van der Waals surface area (Å²) in [5.41, 5.74) is 6.81. The van der Waals surface area contributed by atoms with Gasteiger partial charge in [-0.2, -0.15) is 0 Å². The number of hydrogen-bond acceptors (Lipinski definition) is 6. The summed E-state index contributed by atoms with van der Waals surface area (Å²) in [7, 11) is 1.60. The van der Waals surface area contributed by atoms with E-state index in [1.807, 2.05) is 36.4 Å². The number of hydrogen-bond donors (Lipinski definition) is 0. The summed E-state index contributed by atoms with van der Waals surface area (Å²) in [6.07, 6.45) is 1.62. The van der Waals surface area contributed by atoms with Crippen molar-refractivity contribution >= 4 is 23.4 Å². The Morgan fingerprint density at radius 2 is 1.77 bits per heavy atom. The average molecular weight is 556 g/mol. The minimum atomic E-state index is -0.671. The standard InChI is InChI=1S/C32H33N3O4S/c1-18(2)39-31(37)28-21(5)33-32-35(29(28)23-11-13-26(38-7)14-12-23)30(36)27(40-32)17-24-16-20(4)34(22(24)6)25-10-8-9-19(3)15-25/h8-18,29H,1-7H3/b27-17+/t29-/m0/s1. The van der Waals surface area contributed by atoms with Gasteiger partial charge in [0.2, 0.25) is 0 Å². The number of methoxy groups -OCH3 is 1. The van der Waals surface area contributed by atoms with Gasteiger partial charge in [0.25, 0.3) is 5.56 Å². The predicted molar refractivity (Wildman–Crippen MR) is 158 cm³/mol. The molecule has 1 atom stereocenters. The third kappa shape index (κ3) is 4.95. The molecule has 0 radical (unpaired) electrons. The van der Waals surface area contributed by atoms with Gasteiger partial charge in [-0.15, -0.1) is 0 Å². The van der Waals surface area contributed by atoms with Crippen molar-refractivity contribution in [2.45, 2.75) is 53.7 Å². The van der Waals surface area contributed by atoms with Crippen LogP contribution in [-0.2, 0) is 9.53 Å². The minimum absolute atomic E-state index is 0.202. The van der Waals surface area contributed by atoms with Crippen molar-refractivity contribution in [3.05, 3.63) is 114 Å². The number of carbonyl (C=O) groups excluding carboxylic acids is 1. The Morgan fingerprint density at radius 1 is 1.05 bits per heavy atom. The summed E-state index contributed by atoms with van der Waals surface area (Å²) < 4.78 is 15.3. The van der Waals surface area contributed by atoms with Gasteiger partial charge < -0.3 is 14.0 Å². The van der Waals surface area contributed by atoms with E-state index in [0.717, 1.165) is 28.2 Å². The molecule has 206 valence electrons. The average Bonchev–Trinajstić information content (AvgIpc) is 3.36. The van der Waals surface area contributed by atoms with E-state index in [9.17, 15) is 9.59 Å². The molecule has 0 amide bonds. The van der Waals surface area contributed by atoms with E-state index in [1.54, 1.807) is 32.4 Å². The van der Waals surface area contributed by atoms with Crippen LogP contribution >= 0.6 is 11.3 Å². The molecule has 0 saturated heterocycles. The second-order valence-corrected chi connectivity index (χ2v) is 11.3. The molecular formula is C32H33N3O4S. The molecule has 0 unspecified atom stereocenters. The Morgan fingerprint density at radius 3 is 2.42 bits per heavy atom. The quantitative estimate of drug-likeness (QED) is 0.317. The van der Waals surface area contributed by atoms with E-state index in [-0.39, 0.29) is 11.7 Å². The van der Waals surface area contributed by atoms with Crippen molar-refractivity contribution in [1.29, 1.82) is 0 Å². The van der Waals surface area contributed by atoms with E-state index in [2.05, 4.69) is 49.6 Å². The van der Waals surface area contributed by atoms with Crippen LogP contribution in [0.1, 0.15) is 54.9 Å². The van der Waals surface area contributed by atoms with Gasteiger partial charge in [-0.25, -0.2) is 9.79 Å². The van der Waals surface area contributed by atoms with Crippen molar-refractivity contribution in [3.8, 4) is 11.4 Å². The van der Waals surface area contributed by atoms with Crippen LogP contribution in [0.5, 0.6) is 5.75 Å². The largest absolute Gasteiger partial charge is 0.497 e. The van der Waals surface area contributed by atoms with Crippen molar-refractivity contribution in [1.82, 2.24) is 9.13 Å². The Bertz CT molecular complexity index is 1820. The fraction of sp³-hybridized carbons (Fsp3) is 0.281. The first kappa shape index (κ1) is 27.4. The van der Waals surface area contributed by atoms with E-state index in [0.29, 0.717) is 26.4 Å². The van der Waals surface area contributed by atoms with Gasteiger partial charge in [0, 0.05) is 17.1 Å². The lowest BCUT2D eigenvalue weighted by Crippen LogP contribution is -2.40. The van der Waals surface area contributed by atoms with Gasteiger partial charge in [-0.3, -0.25) is 9.36 Å². The second-order valence-electron chi connectivity index (χ2n) is 10.3. The van der Waals surface area contributed by atoms with E-state index in [1.165, 1.54) is 16.9 Å². The lowest BCUT2D eigenvalue weighted by molar-refractivity contribution is -0.143. The summed E-state index contributed by atoms with van der Waals surface area (Å²) in [4.78, 5) is 32.6. The monoisotopic (exact) mass is 555 g/mol. The van der Waals surface area contributed by atoms with Gasteiger partial charge in [0.15, 0.2) is 4.80 Å². The molecule has 3 heterocycles. The molecular weight excluding hydrogens is 522 g/mol. The number of ether oxygens (including phenoxy) is 2. The van der Waals surface area contributed by atoms with Gasteiger partial charge in [-0.1, -0.05) is 35.6 Å². The highest BCUT2D eigenvalue weighted by Crippen LogP contribution is 2.32. The molecule has 7 nitrogen and oxygen atoms in total. The fourth-order valence-corrected chi connectivity index (χ4v) is 6.24. The zero-order valence-corrected chi connectivity index (χ0v) is 24.6. The topological polar surface area (TPSA) is 74.8 Å². The summed E-state index contributed by atoms with van der Waals surface area (Å²) in [6.45, 7) is 11.6. The fourth-order valence-electron chi connectivity index (χ4n) is 5.20. The third-order valence-electron chi connectivity index (χ3n) is 7.03. The van der Waals surface area contributed by atoms with Gasteiger partial charge in [0.1, 0.15) is 5.75 Å². The van der Waals surface area contributed by atoms with E-state index in [4.69, 9.17) is 14.5 Å². The predicted octanol–water partition coefficient (Wildman–Crippen LogP) is 4.91. The molecule has 4 aromatic rings. The lowest BCUT2D eigenvalue weighted by Gasteiger charge is -2.25. The van der Waals surface area contributed by atoms with Crippen LogP contribution in [0.15, 0.2) is 75.7 Å². The first-order valence-electron chi connectivity index (χ1n) is 13.2. The summed E-state index contributed by atoms with van der Waals surface area (Å²) in [5, 5.41) is 0. The number of esters is 1. The molecule has 0 spiro atoms. The molecule has 5 rings (SSSR count). The summed E-state index contributed by atoms with van der Waals surface area (Å²) in [6, 6.07) is 17.2. The molecule has 0 N–H and O–H groups in total. The molecule has 0 saturated carbocycles. The number of nitrogens with zero attached hydrogens (tertiary/aromatic N) is 3. The first-order valence-corrected chi connectivity index (χ1v) is 14.0. The van der Waals surface area contributed by atoms with Crippen molar-refractivity contribution < 1.29 is 14.3 Å². The van der Waals surface area contributed by atoms with Crippen LogP contribution in [0, 0.1) is 20.8 Å². The molecule has 40 heavy (non-hydrogen) atoms. The van der Waals surface area contributed by atoms with Crippen molar-refractivity contribution in [2.75, 3.05) is 7.11 Å². The maximum Gasteiger partial charge on any atom is 0.338 e. The smallest absolute Gasteiger partial charge is 0.338 e. The van der Waals surface area contributed by atoms with Crippen LogP contribution in [0.4, 0.5) is 0 Å². The van der Waals surface area contributed by atoms with Crippen LogP contribution in [0.2, 0.25) is 0 Å². The highest BCUT2D eigenvalue weighted by molar-refractivity contribution is 7.07. The number of carbonyl (C=O) groups is 1. The highest BCUT2D eigenvalue weighted by atomic mass is 32.1. The number of benzene rings is 2. The van der Waals surface area contributed by atoms with Gasteiger partial charge in [-0.05, 0) is 94.6 Å². The van der Waals surface area contributed by atoms with Crippen LogP contribution in [0.25, 0.3) is 11.8 Å². The number of thiazole rings is 1. The lowest BCUT2D eigenvalue weighted by atomic mass is 9.96. The Kier molecular flexibility index (Phi) is 7.38. The SMILES string of the molecule is COc1ccc([C@H]2C(C(=O)OC(C)C)=C(C)N=c3s/c(=C/c4cc(C)n(-c5cccc(C)c5)c4C)c(=O)n32)cc1. The minimum Gasteiger partial charge on any atom is -0.497 e. The summed E-state index contributed by atoms with van der Waals surface area (Å²) >= 11 is 1.32. The molecule has 1 aliphatic rings. The van der Waals surface area contributed by atoms with Crippen LogP contribution in [0.3, 0.4) is 0 Å². The maximum atomic E-state index is 14.0. The van der Waals surface area contributed by atoms with Gasteiger partial charge in [0.05, 0.1) is 35.1 Å². The molecule has 2 aromatic carbocycles. The number of fused-ring (bicyclic) bond motifs is 1.